The zero-order valence-corrected chi connectivity index (χ0v) is 16.6. The van der Waals surface area contributed by atoms with Gasteiger partial charge in [0.25, 0.3) is 0 Å². The molecule has 0 radical (unpaired) electrons. The van der Waals surface area contributed by atoms with E-state index in [1.165, 1.54) is 11.1 Å². The number of pyridine rings is 2. The van der Waals surface area contributed by atoms with Gasteiger partial charge in [-0.15, -0.1) is 0 Å². The predicted octanol–water partition coefficient (Wildman–Crippen LogP) is 4.70. The molecule has 3 N–H and O–H groups in total. The van der Waals surface area contributed by atoms with Crippen LogP contribution in [-0.2, 0) is 0 Å². The van der Waals surface area contributed by atoms with Gasteiger partial charge in [-0.25, -0.2) is 4.98 Å². The van der Waals surface area contributed by atoms with Gasteiger partial charge in [-0.1, -0.05) is 0 Å². The van der Waals surface area contributed by atoms with E-state index in [4.69, 9.17) is 4.98 Å². The number of H-pyrrole nitrogens is 2. The Balaban J connectivity index is 1.48. The van der Waals surface area contributed by atoms with E-state index in [1.54, 1.807) is 11.3 Å². The summed E-state index contributed by atoms with van der Waals surface area (Å²) in [5.41, 5.74) is 7.31. The van der Waals surface area contributed by atoms with Crippen LogP contribution in [0.1, 0.15) is 24.5 Å². The van der Waals surface area contributed by atoms with Crippen LogP contribution >= 0.6 is 11.3 Å². The molecule has 5 aromatic rings. The smallest absolute Gasteiger partial charge is 0.138 e. The van der Waals surface area contributed by atoms with Crippen LogP contribution in [0.2, 0.25) is 0 Å². The lowest BCUT2D eigenvalue weighted by molar-refractivity contribution is 0.453. The third-order valence-electron chi connectivity index (χ3n) is 5.84. The minimum Gasteiger partial charge on any atom is -0.338 e. The summed E-state index contributed by atoms with van der Waals surface area (Å²) in [5.74, 6) is 0.512. The van der Waals surface area contributed by atoms with Crippen molar-refractivity contribution in [3.05, 3.63) is 53.1 Å². The second kappa shape index (κ2) is 6.79. The number of rotatable bonds is 3. The summed E-state index contributed by atoms with van der Waals surface area (Å²) < 4.78 is 0. The number of nitrogens with zero attached hydrogens (tertiary/aromatic N) is 3. The lowest BCUT2D eigenvalue weighted by Gasteiger charge is -2.22. The van der Waals surface area contributed by atoms with Crippen LogP contribution in [0, 0.1) is 0 Å². The second-order valence-corrected chi connectivity index (χ2v) is 8.35. The summed E-state index contributed by atoms with van der Waals surface area (Å²) in [5, 5.41) is 17.7. The van der Waals surface area contributed by atoms with Crippen LogP contribution in [0.15, 0.2) is 47.4 Å². The molecule has 0 spiro atoms. The number of nitrogens with one attached hydrogen (secondary N) is 3. The van der Waals surface area contributed by atoms with Crippen LogP contribution in [0.4, 0.5) is 0 Å². The van der Waals surface area contributed by atoms with E-state index < -0.39 is 0 Å². The predicted molar refractivity (Wildman–Crippen MR) is 117 cm³/mol. The first kappa shape index (κ1) is 16.9. The summed E-state index contributed by atoms with van der Waals surface area (Å²) in [7, 11) is 0. The van der Waals surface area contributed by atoms with Crippen molar-refractivity contribution in [3.63, 3.8) is 0 Å². The Morgan fingerprint density at radius 3 is 2.83 bits per heavy atom. The van der Waals surface area contributed by atoms with Gasteiger partial charge in [-0.3, -0.25) is 10.1 Å². The molecule has 0 bridgehead atoms. The van der Waals surface area contributed by atoms with Crippen molar-refractivity contribution in [2.75, 3.05) is 13.1 Å². The molecular formula is C22H20N6S. The molecule has 7 heteroatoms. The highest BCUT2D eigenvalue weighted by Crippen LogP contribution is 2.34. The van der Waals surface area contributed by atoms with E-state index in [2.05, 4.69) is 60.5 Å². The summed E-state index contributed by atoms with van der Waals surface area (Å²) >= 11 is 1.71. The zero-order chi connectivity index (χ0) is 19.2. The van der Waals surface area contributed by atoms with Crippen molar-refractivity contribution in [2.45, 2.75) is 18.8 Å². The SMILES string of the molecule is c1cc(-c2ccsc2)c2cc(-c3n[nH]c4cnc(C5CCNCC5)cc34)[nH]c2n1. The molecule has 1 fully saturated rings. The van der Waals surface area contributed by atoms with Gasteiger partial charge in [-0.05, 0) is 72.1 Å². The number of hydrogen-bond acceptors (Lipinski definition) is 5. The number of fused-ring (bicyclic) bond motifs is 2. The Labute approximate surface area is 171 Å². The van der Waals surface area contributed by atoms with Crippen molar-refractivity contribution in [3.8, 4) is 22.5 Å². The van der Waals surface area contributed by atoms with Crippen molar-refractivity contribution in [1.82, 2.24) is 30.5 Å². The van der Waals surface area contributed by atoms with E-state index >= 15 is 0 Å². The molecule has 0 aliphatic carbocycles. The minimum atomic E-state index is 0.512. The fourth-order valence-corrected chi connectivity index (χ4v) is 4.96. The molecule has 0 aromatic carbocycles. The van der Waals surface area contributed by atoms with E-state index in [1.807, 2.05) is 12.4 Å². The van der Waals surface area contributed by atoms with Crippen LogP contribution in [-0.4, -0.2) is 38.2 Å². The molecule has 1 aliphatic rings. The van der Waals surface area contributed by atoms with Gasteiger partial charge >= 0.3 is 0 Å². The maximum Gasteiger partial charge on any atom is 0.138 e. The van der Waals surface area contributed by atoms with Crippen LogP contribution in [0.25, 0.3) is 44.5 Å². The topological polar surface area (TPSA) is 82.3 Å². The van der Waals surface area contributed by atoms with Gasteiger partial charge in [0, 0.05) is 28.6 Å². The van der Waals surface area contributed by atoms with Crippen LogP contribution in [0.5, 0.6) is 0 Å². The lowest BCUT2D eigenvalue weighted by Crippen LogP contribution is -2.27. The standard InChI is InChI=1S/C22H20N6S/c1-5-23-6-2-13(1)18-10-17-20(11-25-18)27-28-21(17)19-9-16-15(14-4-8-29-12-14)3-7-24-22(16)26-19/h3-4,7-13,23H,1-2,5-6H2,(H,24,26)(H,27,28). The van der Waals surface area contributed by atoms with Crippen molar-refractivity contribution in [2.24, 2.45) is 0 Å². The molecule has 6 nitrogen and oxygen atoms in total. The van der Waals surface area contributed by atoms with Crippen molar-refractivity contribution < 1.29 is 0 Å². The monoisotopic (exact) mass is 400 g/mol. The highest BCUT2D eigenvalue weighted by Gasteiger charge is 2.19. The van der Waals surface area contributed by atoms with Crippen molar-refractivity contribution in [1.29, 1.82) is 0 Å². The fraction of sp³-hybridized carbons (Fsp3) is 0.227. The largest absolute Gasteiger partial charge is 0.338 e. The molecule has 0 unspecified atom stereocenters. The third-order valence-corrected chi connectivity index (χ3v) is 6.53. The third kappa shape index (κ3) is 2.85. The quantitative estimate of drug-likeness (QED) is 0.410. The maximum atomic E-state index is 4.71. The van der Waals surface area contributed by atoms with Gasteiger partial charge in [0.15, 0.2) is 0 Å². The molecule has 6 heterocycles. The Bertz CT molecular complexity index is 1290. The fourth-order valence-electron chi connectivity index (χ4n) is 4.30. The first-order valence-corrected chi connectivity index (χ1v) is 10.9. The van der Waals surface area contributed by atoms with E-state index in [-0.39, 0.29) is 0 Å². The van der Waals surface area contributed by atoms with Gasteiger partial charge in [-0.2, -0.15) is 16.4 Å². The van der Waals surface area contributed by atoms with Gasteiger partial charge < -0.3 is 10.3 Å². The average Bonchev–Trinajstić information content (AvgIpc) is 3.52. The van der Waals surface area contributed by atoms with Crippen LogP contribution in [0.3, 0.4) is 0 Å². The normalized spacial score (nSPS) is 15.4. The Kier molecular flexibility index (Phi) is 3.95. The molecular weight excluding hydrogens is 380 g/mol. The van der Waals surface area contributed by atoms with Crippen molar-refractivity contribution >= 4 is 33.3 Å². The first-order chi connectivity index (χ1) is 14.4. The summed E-state index contributed by atoms with van der Waals surface area (Å²) in [4.78, 5) is 12.7. The lowest BCUT2D eigenvalue weighted by atomic mass is 9.93. The molecule has 1 aliphatic heterocycles. The number of thiophene rings is 1. The zero-order valence-electron chi connectivity index (χ0n) is 15.8. The Hall–Kier alpha value is -3.03. The molecule has 29 heavy (non-hydrogen) atoms. The highest BCUT2D eigenvalue weighted by molar-refractivity contribution is 7.08. The first-order valence-electron chi connectivity index (χ1n) is 9.92. The molecule has 0 atom stereocenters. The maximum absolute atomic E-state index is 4.71. The molecule has 144 valence electrons. The molecule has 0 saturated carbocycles. The van der Waals surface area contributed by atoms with Gasteiger partial charge in [0.05, 0.1) is 17.4 Å². The molecule has 6 rings (SSSR count). The second-order valence-electron chi connectivity index (χ2n) is 7.57. The van der Waals surface area contributed by atoms with E-state index in [0.717, 1.165) is 64.9 Å². The Morgan fingerprint density at radius 2 is 1.97 bits per heavy atom. The molecule has 0 amide bonds. The van der Waals surface area contributed by atoms with Gasteiger partial charge in [0.2, 0.25) is 0 Å². The van der Waals surface area contributed by atoms with E-state index in [0.29, 0.717) is 5.92 Å². The average molecular weight is 401 g/mol. The number of aromatic nitrogens is 5. The number of hydrogen-bond donors (Lipinski definition) is 3. The summed E-state index contributed by atoms with van der Waals surface area (Å²) in [6, 6.07) is 8.59. The summed E-state index contributed by atoms with van der Waals surface area (Å²) in [6.07, 6.45) is 6.04. The number of piperidine rings is 1. The minimum absolute atomic E-state index is 0.512. The number of aromatic amines is 2. The molecule has 5 aromatic heterocycles. The summed E-state index contributed by atoms with van der Waals surface area (Å²) in [6.45, 7) is 2.11. The Morgan fingerprint density at radius 1 is 1.03 bits per heavy atom. The highest BCUT2D eigenvalue weighted by atomic mass is 32.1. The van der Waals surface area contributed by atoms with E-state index in [9.17, 15) is 0 Å². The van der Waals surface area contributed by atoms with Gasteiger partial charge in [0.1, 0.15) is 11.3 Å². The van der Waals surface area contributed by atoms with Crippen LogP contribution < -0.4 is 5.32 Å². The molecule has 1 saturated heterocycles.